The maximum atomic E-state index is 12.3. The molecule has 3 rings (SSSR count). The van der Waals surface area contributed by atoms with Crippen molar-refractivity contribution in [1.82, 2.24) is 4.98 Å². The number of nitrogens with zero attached hydrogens (tertiary/aromatic N) is 1. The van der Waals surface area contributed by atoms with E-state index in [4.69, 9.17) is 9.47 Å². The Hall–Kier alpha value is -2.12. The average molecular weight is 408 g/mol. The van der Waals surface area contributed by atoms with Crippen LogP contribution in [0, 0.1) is 0 Å². The predicted octanol–water partition coefficient (Wildman–Crippen LogP) is 0.612. The molecule has 0 aliphatic carbocycles. The summed E-state index contributed by atoms with van der Waals surface area (Å²) in [5.41, 5.74) is 1.36. The summed E-state index contributed by atoms with van der Waals surface area (Å²) < 4.78 is 11.5. The standard InChI is InChI=1S/C17H16N2O3S.BrH/c1-21-13-7-4-3-6-11(13)12(20)10-18-17-19-16-14(22-2)8-5-9-15(16)23-17;/h3-9H,10H2,1-2H3,(H,18,19);1H/p-1. The van der Waals surface area contributed by atoms with Crippen molar-refractivity contribution >= 4 is 32.5 Å². The van der Waals surface area contributed by atoms with Gasteiger partial charge in [-0.1, -0.05) is 29.5 Å². The highest BCUT2D eigenvalue weighted by atomic mass is 79.9. The highest BCUT2D eigenvalue weighted by Gasteiger charge is 2.13. The lowest BCUT2D eigenvalue weighted by atomic mass is 10.1. The number of para-hydroxylation sites is 2. The maximum Gasteiger partial charge on any atom is 0.185 e. The van der Waals surface area contributed by atoms with Crippen molar-refractivity contribution < 1.29 is 31.2 Å². The number of ether oxygens (including phenoxy) is 2. The summed E-state index contributed by atoms with van der Waals surface area (Å²) in [5.74, 6) is 1.25. The average Bonchev–Trinajstić information content (AvgIpc) is 3.02. The SMILES string of the molecule is COc1ccccc1C(=O)CNc1nc2c(OC)cccc2s1.[Br-]. The van der Waals surface area contributed by atoms with Crippen LogP contribution in [0.15, 0.2) is 42.5 Å². The van der Waals surface area contributed by atoms with Crippen LogP contribution in [-0.2, 0) is 0 Å². The Bertz CT molecular complexity index is 851. The van der Waals surface area contributed by atoms with E-state index in [1.54, 1.807) is 26.4 Å². The fourth-order valence-corrected chi connectivity index (χ4v) is 3.17. The van der Waals surface area contributed by atoms with Crippen LogP contribution in [0.25, 0.3) is 10.2 Å². The van der Waals surface area contributed by atoms with E-state index in [0.29, 0.717) is 16.4 Å². The number of carbonyl (C=O) groups is 1. The molecule has 0 atom stereocenters. The van der Waals surface area contributed by atoms with Gasteiger partial charge in [-0.15, -0.1) is 0 Å². The summed E-state index contributed by atoms with van der Waals surface area (Å²) in [6.45, 7) is 0.155. The topological polar surface area (TPSA) is 60.5 Å². The number of hydrogen-bond acceptors (Lipinski definition) is 6. The molecule has 0 fully saturated rings. The summed E-state index contributed by atoms with van der Waals surface area (Å²) >= 11 is 1.49. The van der Waals surface area contributed by atoms with E-state index in [-0.39, 0.29) is 29.3 Å². The quantitative estimate of drug-likeness (QED) is 0.606. The normalized spacial score (nSPS) is 10.1. The van der Waals surface area contributed by atoms with Crippen LogP contribution in [0.1, 0.15) is 10.4 Å². The highest BCUT2D eigenvalue weighted by molar-refractivity contribution is 7.22. The van der Waals surface area contributed by atoms with Crippen molar-refractivity contribution in [2.45, 2.75) is 0 Å². The minimum Gasteiger partial charge on any atom is -1.00 e. The molecule has 3 aromatic rings. The van der Waals surface area contributed by atoms with Gasteiger partial charge in [-0.3, -0.25) is 4.79 Å². The van der Waals surface area contributed by atoms with Gasteiger partial charge in [-0.25, -0.2) is 4.98 Å². The number of hydrogen-bond donors (Lipinski definition) is 1. The summed E-state index contributed by atoms with van der Waals surface area (Å²) in [4.78, 5) is 16.8. The van der Waals surface area contributed by atoms with Crippen LogP contribution in [0.2, 0.25) is 0 Å². The Morgan fingerprint density at radius 1 is 1.08 bits per heavy atom. The molecule has 0 unspecified atom stereocenters. The monoisotopic (exact) mass is 407 g/mol. The molecule has 24 heavy (non-hydrogen) atoms. The van der Waals surface area contributed by atoms with Crippen LogP contribution in [0.3, 0.4) is 0 Å². The second-order valence-corrected chi connectivity index (χ2v) is 5.83. The maximum absolute atomic E-state index is 12.3. The van der Waals surface area contributed by atoms with E-state index in [1.807, 2.05) is 30.3 Å². The van der Waals surface area contributed by atoms with Crippen molar-refractivity contribution in [2.75, 3.05) is 26.1 Å². The lowest BCUT2D eigenvalue weighted by Gasteiger charge is -2.07. The first-order chi connectivity index (χ1) is 11.2. The van der Waals surface area contributed by atoms with Gasteiger partial charge in [0, 0.05) is 0 Å². The van der Waals surface area contributed by atoms with Crippen LogP contribution >= 0.6 is 11.3 Å². The number of rotatable bonds is 6. The zero-order valence-corrected chi connectivity index (χ0v) is 15.6. The number of fused-ring (bicyclic) bond motifs is 1. The number of thiazole rings is 1. The van der Waals surface area contributed by atoms with E-state index in [0.717, 1.165) is 16.0 Å². The van der Waals surface area contributed by atoms with Crippen molar-refractivity contribution in [3.05, 3.63) is 48.0 Å². The van der Waals surface area contributed by atoms with E-state index in [1.165, 1.54) is 11.3 Å². The molecular weight excluding hydrogens is 392 g/mol. The first-order valence-electron chi connectivity index (χ1n) is 7.06. The second-order valence-electron chi connectivity index (χ2n) is 4.80. The summed E-state index contributed by atoms with van der Waals surface area (Å²) in [6, 6.07) is 12.9. The number of methoxy groups -OCH3 is 2. The number of aromatic nitrogens is 1. The molecule has 0 radical (unpaired) electrons. The largest absolute Gasteiger partial charge is 1.00 e. The number of ketones is 1. The minimum atomic E-state index is -0.0475. The van der Waals surface area contributed by atoms with Gasteiger partial charge in [-0.05, 0) is 24.3 Å². The van der Waals surface area contributed by atoms with Gasteiger partial charge in [0.25, 0.3) is 0 Å². The van der Waals surface area contributed by atoms with Crippen molar-refractivity contribution in [3.8, 4) is 11.5 Å². The minimum absolute atomic E-state index is 0. The molecule has 1 aromatic heterocycles. The molecule has 1 N–H and O–H groups in total. The molecule has 0 aliphatic rings. The Morgan fingerprint density at radius 3 is 2.54 bits per heavy atom. The van der Waals surface area contributed by atoms with Crippen LogP contribution in [0.5, 0.6) is 11.5 Å². The third-order valence-corrected chi connectivity index (χ3v) is 4.39. The lowest BCUT2D eigenvalue weighted by Crippen LogP contribution is -3.00. The molecule has 2 aromatic carbocycles. The molecule has 0 bridgehead atoms. The first kappa shape index (κ1) is 18.2. The van der Waals surface area contributed by atoms with Gasteiger partial charge in [-0.2, -0.15) is 0 Å². The Balaban J connectivity index is 0.00000208. The van der Waals surface area contributed by atoms with E-state index in [2.05, 4.69) is 10.3 Å². The van der Waals surface area contributed by atoms with Crippen molar-refractivity contribution in [1.29, 1.82) is 0 Å². The molecule has 5 nitrogen and oxygen atoms in total. The van der Waals surface area contributed by atoms with E-state index >= 15 is 0 Å². The molecule has 0 aliphatic heterocycles. The number of halogens is 1. The molecule has 0 amide bonds. The lowest BCUT2D eigenvalue weighted by molar-refractivity contribution is -0.0000130. The Morgan fingerprint density at radius 2 is 1.79 bits per heavy atom. The first-order valence-corrected chi connectivity index (χ1v) is 7.88. The van der Waals surface area contributed by atoms with Gasteiger partial charge >= 0.3 is 0 Å². The van der Waals surface area contributed by atoms with Gasteiger partial charge < -0.3 is 31.8 Å². The zero-order chi connectivity index (χ0) is 16.2. The number of anilines is 1. The predicted molar refractivity (Wildman–Crippen MR) is 92.0 cm³/mol. The fraction of sp³-hybridized carbons (Fsp3) is 0.176. The summed E-state index contributed by atoms with van der Waals surface area (Å²) in [5, 5.41) is 3.77. The number of carbonyl (C=O) groups excluding carboxylic acids is 1. The van der Waals surface area contributed by atoms with E-state index < -0.39 is 0 Å². The molecule has 0 saturated heterocycles. The van der Waals surface area contributed by atoms with Gasteiger partial charge in [0.05, 0.1) is 31.0 Å². The Kier molecular flexibility index (Phi) is 6.16. The third kappa shape index (κ3) is 3.68. The van der Waals surface area contributed by atoms with Gasteiger partial charge in [0.1, 0.15) is 17.0 Å². The van der Waals surface area contributed by atoms with Crippen LogP contribution in [-0.4, -0.2) is 31.5 Å². The summed E-state index contributed by atoms with van der Waals surface area (Å²) in [7, 11) is 3.17. The van der Waals surface area contributed by atoms with Crippen molar-refractivity contribution in [3.63, 3.8) is 0 Å². The zero-order valence-electron chi connectivity index (χ0n) is 13.2. The molecule has 0 spiro atoms. The van der Waals surface area contributed by atoms with Crippen LogP contribution in [0.4, 0.5) is 5.13 Å². The number of nitrogens with one attached hydrogen (secondary N) is 1. The van der Waals surface area contributed by atoms with Gasteiger partial charge in [0.2, 0.25) is 0 Å². The smallest absolute Gasteiger partial charge is 0.185 e. The summed E-state index contributed by atoms with van der Waals surface area (Å²) in [6.07, 6.45) is 0. The van der Waals surface area contributed by atoms with Gasteiger partial charge in [0.15, 0.2) is 10.9 Å². The molecule has 126 valence electrons. The highest BCUT2D eigenvalue weighted by Crippen LogP contribution is 2.32. The molecular formula is C17H16BrN2O3S-. The van der Waals surface area contributed by atoms with E-state index in [9.17, 15) is 4.79 Å². The van der Waals surface area contributed by atoms with Crippen molar-refractivity contribution in [2.24, 2.45) is 0 Å². The fourth-order valence-electron chi connectivity index (χ4n) is 2.29. The molecule has 0 saturated carbocycles. The Labute approximate surface area is 154 Å². The molecule has 7 heteroatoms. The van der Waals surface area contributed by atoms with Crippen LogP contribution < -0.4 is 31.8 Å². The second kappa shape index (κ2) is 8.12. The molecule has 1 heterocycles. The third-order valence-electron chi connectivity index (χ3n) is 3.41. The number of benzene rings is 2. The number of Topliss-reactive ketones (excluding diaryl/α,β-unsaturated/α-hetero) is 1.